The Bertz CT molecular complexity index is 631. The molecule has 0 aromatic carbocycles. The predicted molar refractivity (Wildman–Crippen MR) is 86.7 cm³/mol. The Hall–Kier alpha value is -0.960. The van der Waals surface area contributed by atoms with Crippen molar-refractivity contribution in [3.8, 4) is 0 Å². The number of aromatic nitrogens is 2. The Kier molecular flexibility index (Phi) is 4.78. The number of aryl methyl sites for hydroxylation is 1. The number of aliphatic hydroxyl groups excluding tert-OH is 1. The fourth-order valence-electron chi connectivity index (χ4n) is 3.40. The first kappa shape index (κ1) is 16.9. The van der Waals surface area contributed by atoms with Gasteiger partial charge in [0.05, 0.1) is 18.3 Å². The van der Waals surface area contributed by atoms with Gasteiger partial charge in [-0.2, -0.15) is 22.5 Å². The summed E-state index contributed by atoms with van der Waals surface area (Å²) >= 11 is 0. The molecule has 3 rings (SSSR count). The molecule has 8 heteroatoms. The SMILES string of the molecule is CC1CCN(S(=O)(=O)NC(c2cnn(C)c2)C2CC(O)C2)CC1. The van der Waals surface area contributed by atoms with E-state index in [0.717, 1.165) is 18.4 Å². The standard InChI is InChI=1S/C15H26N4O3S/c1-11-3-5-19(6-4-11)23(21,22)17-15(12-7-14(20)8-12)13-9-16-18(2)10-13/h9-12,14-15,17,20H,3-8H2,1-2H3. The van der Waals surface area contributed by atoms with Crippen LogP contribution in [-0.2, 0) is 17.3 Å². The molecular formula is C15H26N4O3S. The van der Waals surface area contributed by atoms with Crippen LogP contribution in [-0.4, -0.2) is 46.8 Å². The van der Waals surface area contributed by atoms with Gasteiger partial charge in [0, 0.05) is 31.9 Å². The van der Waals surface area contributed by atoms with Gasteiger partial charge in [0.15, 0.2) is 0 Å². The zero-order valence-electron chi connectivity index (χ0n) is 13.7. The summed E-state index contributed by atoms with van der Waals surface area (Å²) in [4.78, 5) is 0. The highest BCUT2D eigenvalue weighted by Crippen LogP contribution is 2.38. The van der Waals surface area contributed by atoms with E-state index in [4.69, 9.17) is 0 Å². The van der Waals surface area contributed by atoms with E-state index in [9.17, 15) is 13.5 Å². The number of nitrogens with one attached hydrogen (secondary N) is 1. The summed E-state index contributed by atoms with van der Waals surface area (Å²) in [5, 5.41) is 13.7. The van der Waals surface area contributed by atoms with E-state index >= 15 is 0 Å². The Morgan fingerprint density at radius 2 is 2.00 bits per heavy atom. The molecule has 2 aliphatic rings. The molecule has 1 saturated heterocycles. The number of piperidine rings is 1. The molecule has 7 nitrogen and oxygen atoms in total. The van der Waals surface area contributed by atoms with Gasteiger partial charge >= 0.3 is 0 Å². The third kappa shape index (κ3) is 3.76. The van der Waals surface area contributed by atoms with Gasteiger partial charge in [0.2, 0.25) is 0 Å². The number of rotatable bonds is 5. The van der Waals surface area contributed by atoms with Crippen molar-refractivity contribution >= 4 is 10.2 Å². The minimum Gasteiger partial charge on any atom is -0.393 e. The van der Waals surface area contributed by atoms with Crippen molar-refractivity contribution in [3.63, 3.8) is 0 Å². The molecule has 0 amide bonds. The minimum absolute atomic E-state index is 0.118. The lowest BCUT2D eigenvalue weighted by Gasteiger charge is -2.39. The van der Waals surface area contributed by atoms with Crippen LogP contribution in [0.1, 0.15) is 44.2 Å². The fraction of sp³-hybridized carbons (Fsp3) is 0.800. The molecule has 130 valence electrons. The van der Waals surface area contributed by atoms with Crippen molar-refractivity contribution < 1.29 is 13.5 Å². The number of hydrogen-bond acceptors (Lipinski definition) is 4. The molecule has 1 atom stereocenters. The molecule has 1 saturated carbocycles. The van der Waals surface area contributed by atoms with E-state index in [-0.39, 0.29) is 18.1 Å². The van der Waals surface area contributed by atoms with Crippen LogP contribution >= 0.6 is 0 Å². The van der Waals surface area contributed by atoms with Crippen LogP contribution in [0.2, 0.25) is 0 Å². The van der Waals surface area contributed by atoms with Crippen LogP contribution in [0.25, 0.3) is 0 Å². The van der Waals surface area contributed by atoms with Gasteiger partial charge in [-0.05, 0) is 37.5 Å². The van der Waals surface area contributed by atoms with Crippen LogP contribution in [0.15, 0.2) is 12.4 Å². The summed E-state index contributed by atoms with van der Waals surface area (Å²) < 4.78 is 31.6. The van der Waals surface area contributed by atoms with Crippen LogP contribution < -0.4 is 4.72 Å². The summed E-state index contributed by atoms with van der Waals surface area (Å²) in [5.74, 6) is 0.699. The maximum atomic E-state index is 12.7. The Labute approximate surface area is 137 Å². The van der Waals surface area contributed by atoms with E-state index in [1.807, 2.05) is 13.2 Å². The largest absolute Gasteiger partial charge is 0.393 e. The third-order valence-corrected chi connectivity index (χ3v) is 6.66. The molecule has 2 N–H and O–H groups in total. The monoisotopic (exact) mass is 342 g/mol. The van der Waals surface area contributed by atoms with Crippen molar-refractivity contribution in [2.24, 2.45) is 18.9 Å². The molecule has 1 aromatic heterocycles. The smallest absolute Gasteiger partial charge is 0.280 e. The number of hydrogen-bond donors (Lipinski definition) is 2. The molecule has 2 heterocycles. The first-order valence-corrected chi connectivity index (χ1v) is 9.73. The summed E-state index contributed by atoms with van der Waals surface area (Å²) in [6.45, 7) is 3.30. The summed E-state index contributed by atoms with van der Waals surface area (Å²) in [7, 11) is -1.70. The molecule has 0 spiro atoms. The van der Waals surface area contributed by atoms with Crippen LogP contribution in [0, 0.1) is 11.8 Å². The van der Waals surface area contributed by atoms with E-state index in [1.165, 1.54) is 0 Å². The van der Waals surface area contributed by atoms with Crippen molar-refractivity contribution in [1.29, 1.82) is 0 Å². The zero-order valence-corrected chi connectivity index (χ0v) is 14.5. The lowest BCUT2D eigenvalue weighted by molar-refractivity contribution is 0.0276. The molecule has 1 aliphatic carbocycles. The minimum atomic E-state index is -3.52. The first-order valence-electron chi connectivity index (χ1n) is 8.29. The quantitative estimate of drug-likeness (QED) is 0.828. The van der Waals surface area contributed by atoms with Crippen molar-refractivity contribution in [3.05, 3.63) is 18.0 Å². The molecule has 0 bridgehead atoms. The third-order valence-electron chi connectivity index (χ3n) is 5.06. The molecular weight excluding hydrogens is 316 g/mol. The average Bonchev–Trinajstić information content (AvgIpc) is 2.89. The molecule has 23 heavy (non-hydrogen) atoms. The van der Waals surface area contributed by atoms with Gasteiger partial charge in [0.25, 0.3) is 10.2 Å². The second kappa shape index (κ2) is 6.51. The molecule has 1 unspecified atom stereocenters. The van der Waals surface area contributed by atoms with E-state index in [2.05, 4.69) is 16.7 Å². The van der Waals surface area contributed by atoms with Gasteiger partial charge in [0.1, 0.15) is 0 Å². The normalized spacial score (nSPS) is 28.5. The topological polar surface area (TPSA) is 87.5 Å². The predicted octanol–water partition coefficient (Wildman–Crippen LogP) is 0.798. The molecule has 1 aliphatic heterocycles. The van der Waals surface area contributed by atoms with Gasteiger partial charge in [-0.3, -0.25) is 4.68 Å². The van der Waals surface area contributed by atoms with Gasteiger partial charge in [-0.25, -0.2) is 0 Å². The zero-order chi connectivity index (χ0) is 16.6. The van der Waals surface area contributed by atoms with Crippen LogP contribution in [0.4, 0.5) is 0 Å². The van der Waals surface area contributed by atoms with Crippen LogP contribution in [0.5, 0.6) is 0 Å². The van der Waals surface area contributed by atoms with E-state index < -0.39 is 10.2 Å². The lowest BCUT2D eigenvalue weighted by atomic mass is 9.76. The Morgan fingerprint density at radius 1 is 1.35 bits per heavy atom. The van der Waals surface area contributed by atoms with Crippen LogP contribution in [0.3, 0.4) is 0 Å². The molecule has 2 fully saturated rings. The van der Waals surface area contributed by atoms with E-state index in [0.29, 0.717) is 31.8 Å². The highest BCUT2D eigenvalue weighted by atomic mass is 32.2. The van der Waals surface area contributed by atoms with Crippen molar-refractivity contribution in [2.45, 2.75) is 44.8 Å². The van der Waals surface area contributed by atoms with E-state index in [1.54, 1.807) is 15.2 Å². The second-order valence-electron chi connectivity index (χ2n) is 7.01. The average molecular weight is 342 g/mol. The summed E-state index contributed by atoms with van der Waals surface area (Å²) in [5.41, 5.74) is 0.860. The van der Waals surface area contributed by atoms with Crippen molar-refractivity contribution in [1.82, 2.24) is 18.8 Å². The summed E-state index contributed by atoms with van der Waals surface area (Å²) in [6.07, 6.45) is 6.28. The first-order chi connectivity index (χ1) is 10.8. The number of nitrogens with zero attached hydrogens (tertiary/aromatic N) is 3. The van der Waals surface area contributed by atoms with Crippen molar-refractivity contribution in [2.75, 3.05) is 13.1 Å². The second-order valence-corrected chi connectivity index (χ2v) is 8.72. The summed E-state index contributed by atoms with van der Waals surface area (Å²) in [6, 6.07) is -0.323. The van der Waals surface area contributed by atoms with Gasteiger partial charge in [-0.1, -0.05) is 6.92 Å². The highest BCUT2D eigenvalue weighted by Gasteiger charge is 2.39. The fourth-order valence-corrected chi connectivity index (χ4v) is 4.89. The van der Waals surface area contributed by atoms with Gasteiger partial charge < -0.3 is 5.11 Å². The Balaban J connectivity index is 1.75. The lowest BCUT2D eigenvalue weighted by Crippen LogP contribution is -2.49. The number of aliphatic hydroxyl groups is 1. The maximum absolute atomic E-state index is 12.7. The highest BCUT2D eigenvalue weighted by molar-refractivity contribution is 7.87. The molecule has 0 radical (unpaired) electrons. The maximum Gasteiger partial charge on any atom is 0.280 e. The van der Waals surface area contributed by atoms with Gasteiger partial charge in [-0.15, -0.1) is 0 Å². The molecule has 1 aromatic rings. The Morgan fingerprint density at radius 3 is 2.52 bits per heavy atom.